The fourth-order valence-corrected chi connectivity index (χ4v) is 3.05. The summed E-state index contributed by atoms with van der Waals surface area (Å²) in [5.74, 6) is 5.78. The van der Waals surface area contributed by atoms with Crippen LogP contribution in [-0.2, 0) is 14.6 Å². The normalized spacial score (nSPS) is 10.3. The molecule has 0 fully saturated rings. The highest BCUT2D eigenvalue weighted by Crippen LogP contribution is 2.18. The molecule has 4 heteroatoms. The summed E-state index contributed by atoms with van der Waals surface area (Å²) in [7, 11) is -3.62. The van der Waals surface area contributed by atoms with Crippen LogP contribution in [0.1, 0.15) is 5.56 Å². The third-order valence-corrected chi connectivity index (χ3v) is 4.79. The first-order valence-electron chi connectivity index (χ1n) is 6.95. The van der Waals surface area contributed by atoms with Gasteiger partial charge in [-0.1, -0.05) is 54.8 Å². The van der Waals surface area contributed by atoms with Crippen molar-refractivity contribution in [1.29, 1.82) is 0 Å². The number of hydrogen-bond donors (Lipinski definition) is 0. The van der Waals surface area contributed by atoms with E-state index < -0.39 is 9.84 Å². The zero-order valence-corrected chi connectivity index (χ0v) is 13.3. The van der Waals surface area contributed by atoms with E-state index >= 15 is 0 Å². The van der Waals surface area contributed by atoms with Gasteiger partial charge in [-0.15, -0.1) is 5.73 Å². The van der Waals surface area contributed by atoms with Crippen LogP contribution in [0, 0.1) is 11.8 Å². The predicted molar refractivity (Wildman–Crippen MR) is 90.4 cm³/mol. The van der Waals surface area contributed by atoms with E-state index in [4.69, 9.17) is 4.74 Å². The Hall–Kier alpha value is -2.57. The molecule has 0 radical (unpaired) electrons. The van der Waals surface area contributed by atoms with Gasteiger partial charge in [-0.2, -0.15) is 0 Å². The smallest absolute Gasteiger partial charge is 0.212 e. The van der Waals surface area contributed by atoms with Crippen LogP contribution >= 0.6 is 0 Å². The molecule has 0 saturated heterocycles. The Morgan fingerprint density at radius 1 is 1.00 bits per heavy atom. The summed E-state index contributed by atoms with van der Waals surface area (Å²) in [6.45, 7) is 3.46. The van der Waals surface area contributed by atoms with Gasteiger partial charge in [0.25, 0.3) is 0 Å². The Kier molecular flexibility index (Phi) is 5.96. The van der Waals surface area contributed by atoms with E-state index in [1.165, 1.54) is 12.1 Å². The molecule has 0 spiro atoms. The van der Waals surface area contributed by atoms with E-state index in [-0.39, 0.29) is 23.0 Å². The standard InChI is InChI=1S/C19H16O3S/c1-2-18(23(20,21)19-13-7-4-8-14-19)16-22-15-9-12-17-10-5-3-6-11-17/h3-8,10-11,13-14H,1,15-16H2. The molecule has 0 amide bonds. The van der Waals surface area contributed by atoms with Gasteiger partial charge in [0.2, 0.25) is 9.84 Å². The van der Waals surface area contributed by atoms with Gasteiger partial charge in [0, 0.05) is 5.56 Å². The number of rotatable bonds is 5. The average molecular weight is 324 g/mol. The quantitative estimate of drug-likeness (QED) is 0.482. The fraction of sp³-hybridized carbons (Fsp3) is 0.105. The van der Waals surface area contributed by atoms with Crippen molar-refractivity contribution in [3.8, 4) is 11.8 Å². The van der Waals surface area contributed by atoms with Crippen molar-refractivity contribution in [2.45, 2.75) is 4.90 Å². The van der Waals surface area contributed by atoms with Crippen molar-refractivity contribution < 1.29 is 13.2 Å². The van der Waals surface area contributed by atoms with Gasteiger partial charge in [0.05, 0.1) is 11.5 Å². The second-order valence-corrected chi connectivity index (χ2v) is 6.55. The van der Waals surface area contributed by atoms with E-state index in [0.29, 0.717) is 0 Å². The molecule has 0 aromatic heterocycles. The lowest BCUT2D eigenvalue weighted by Gasteiger charge is -2.06. The van der Waals surface area contributed by atoms with Gasteiger partial charge in [0.15, 0.2) is 0 Å². The minimum atomic E-state index is -3.62. The van der Waals surface area contributed by atoms with Gasteiger partial charge < -0.3 is 4.74 Å². The van der Waals surface area contributed by atoms with Crippen molar-refractivity contribution in [3.05, 3.63) is 83.4 Å². The molecule has 2 aromatic rings. The second-order valence-electron chi connectivity index (χ2n) is 4.58. The topological polar surface area (TPSA) is 43.4 Å². The molecular weight excluding hydrogens is 308 g/mol. The van der Waals surface area contributed by atoms with Crippen molar-refractivity contribution in [2.24, 2.45) is 0 Å². The molecular formula is C19H16O3S. The van der Waals surface area contributed by atoms with Crippen LogP contribution in [0.4, 0.5) is 0 Å². The van der Waals surface area contributed by atoms with Crippen LogP contribution in [0.25, 0.3) is 0 Å². The molecule has 0 bridgehead atoms. The predicted octanol–water partition coefficient (Wildman–Crippen LogP) is 3.20. The third-order valence-electron chi connectivity index (χ3n) is 2.99. The van der Waals surface area contributed by atoms with E-state index in [1.807, 2.05) is 30.3 Å². The molecule has 0 unspecified atom stereocenters. The van der Waals surface area contributed by atoms with E-state index in [9.17, 15) is 8.42 Å². The Balaban J connectivity index is 1.97. The number of hydrogen-bond acceptors (Lipinski definition) is 3. The van der Waals surface area contributed by atoms with Crippen LogP contribution in [-0.4, -0.2) is 21.6 Å². The highest BCUT2D eigenvalue weighted by atomic mass is 32.2. The second kappa shape index (κ2) is 8.17. The van der Waals surface area contributed by atoms with Crippen molar-refractivity contribution in [3.63, 3.8) is 0 Å². The van der Waals surface area contributed by atoms with Gasteiger partial charge in [-0.3, -0.25) is 0 Å². The van der Waals surface area contributed by atoms with Gasteiger partial charge in [-0.25, -0.2) is 8.42 Å². The molecule has 2 rings (SSSR count). The summed E-state index contributed by atoms with van der Waals surface area (Å²) in [5, 5.41) is 0. The lowest BCUT2D eigenvalue weighted by molar-refractivity contribution is 0.196. The first-order valence-corrected chi connectivity index (χ1v) is 8.43. The molecule has 0 atom stereocenters. The van der Waals surface area contributed by atoms with Crippen LogP contribution in [0.5, 0.6) is 0 Å². The average Bonchev–Trinajstić information content (AvgIpc) is 2.59. The lowest BCUT2D eigenvalue weighted by Crippen LogP contribution is -2.10. The monoisotopic (exact) mass is 324 g/mol. The number of benzene rings is 2. The maximum Gasteiger partial charge on any atom is 0.212 e. The first kappa shape index (κ1) is 16.8. The van der Waals surface area contributed by atoms with E-state index in [1.54, 1.807) is 18.2 Å². The lowest BCUT2D eigenvalue weighted by atomic mass is 10.2. The summed E-state index contributed by atoms with van der Waals surface area (Å²) in [4.78, 5) is 0.204. The van der Waals surface area contributed by atoms with Gasteiger partial charge >= 0.3 is 0 Å². The zero-order chi connectivity index (χ0) is 16.5. The molecule has 23 heavy (non-hydrogen) atoms. The SMILES string of the molecule is C=C=C(COCC#Cc1ccccc1)S(=O)(=O)c1ccccc1. The molecule has 0 N–H and O–H groups in total. The maximum absolute atomic E-state index is 12.4. The highest BCUT2D eigenvalue weighted by Gasteiger charge is 2.19. The first-order chi connectivity index (χ1) is 11.1. The van der Waals surface area contributed by atoms with Crippen LogP contribution in [0.15, 0.2) is 82.8 Å². The molecule has 0 aliphatic rings. The minimum Gasteiger partial charge on any atom is -0.363 e. The minimum absolute atomic E-state index is 0.00483. The van der Waals surface area contributed by atoms with Crippen molar-refractivity contribution in [1.82, 2.24) is 0 Å². The van der Waals surface area contributed by atoms with Crippen LogP contribution in [0.3, 0.4) is 0 Å². The number of ether oxygens (including phenoxy) is 1. The summed E-state index contributed by atoms with van der Waals surface area (Å²) in [6, 6.07) is 17.6. The maximum atomic E-state index is 12.4. The van der Waals surface area contributed by atoms with Crippen LogP contribution < -0.4 is 0 Å². The van der Waals surface area contributed by atoms with E-state index in [2.05, 4.69) is 24.2 Å². The molecule has 3 nitrogen and oxygen atoms in total. The van der Waals surface area contributed by atoms with Crippen molar-refractivity contribution >= 4 is 9.84 Å². The molecule has 2 aromatic carbocycles. The summed E-state index contributed by atoms with van der Waals surface area (Å²) in [5.41, 5.74) is 3.34. The largest absolute Gasteiger partial charge is 0.363 e. The Morgan fingerprint density at radius 3 is 2.22 bits per heavy atom. The number of sulfone groups is 1. The Morgan fingerprint density at radius 2 is 1.61 bits per heavy atom. The molecule has 116 valence electrons. The molecule has 0 aliphatic heterocycles. The fourth-order valence-electron chi connectivity index (χ4n) is 1.82. The van der Waals surface area contributed by atoms with E-state index in [0.717, 1.165) is 5.56 Å². The van der Waals surface area contributed by atoms with Crippen LogP contribution in [0.2, 0.25) is 0 Å². The zero-order valence-electron chi connectivity index (χ0n) is 12.5. The van der Waals surface area contributed by atoms with Crippen molar-refractivity contribution in [2.75, 3.05) is 13.2 Å². The molecule has 0 saturated carbocycles. The molecule has 0 aliphatic carbocycles. The Labute approximate surface area is 136 Å². The summed E-state index contributed by atoms with van der Waals surface area (Å²) in [6.07, 6.45) is 0. The molecule has 0 heterocycles. The summed E-state index contributed by atoms with van der Waals surface area (Å²) >= 11 is 0. The summed E-state index contributed by atoms with van der Waals surface area (Å²) < 4.78 is 30.1. The van der Waals surface area contributed by atoms with Gasteiger partial charge in [0.1, 0.15) is 11.5 Å². The third kappa shape index (κ3) is 4.70. The van der Waals surface area contributed by atoms with Gasteiger partial charge in [-0.05, 0) is 24.3 Å². The Bertz CT molecular complexity index is 851. The highest BCUT2D eigenvalue weighted by molar-refractivity contribution is 7.95.